The lowest BCUT2D eigenvalue weighted by molar-refractivity contribution is 0.103. The molecule has 3 rings (SSSR count). The Morgan fingerprint density at radius 2 is 1.91 bits per heavy atom. The summed E-state index contributed by atoms with van der Waals surface area (Å²) in [5.74, 6) is 0.935. The molecule has 1 heterocycles. The van der Waals surface area contributed by atoms with Gasteiger partial charge in [0, 0.05) is 27.7 Å². The summed E-state index contributed by atoms with van der Waals surface area (Å²) in [5, 5.41) is 4.30. The Morgan fingerprint density at radius 3 is 2.65 bits per heavy atom. The number of fused-ring (bicyclic) bond motifs is 1. The van der Waals surface area contributed by atoms with E-state index in [1.54, 1.807) is 0 Å². The van der Waals surface area contributed by atoms with Crippen molar-refractivity contribution in [2.45, 2.75) is 20.3 Å². The Balaban J connectivity index is 1.93. The maximum Gasteiger partial charge on any atom is 0.193 e. The summed E-state index contributed by atoms with van der Waals surface area (Å²) in [7, 11) is 0. The molecular weight excluding hydrogens is 284 g/mol. The molecule has 23 heavy (non-hydrogen) atoms. The fraction of sp³-hybridized carbons (Fsp3) is 0.150. The van der Waals surface area contributed by atoms with Gasteiger partial charge in [0.25, 0.3) is 0 Å². The first-order valence-corrected chi connectivity index (χ1v) is 7.76. The first kappa shape index (κ1) is 15.1. The minimum atomic E-state index is 0.0395. The van der Waals surface area contributed by atoms with Gasteiger partial charge in [0.15, 0.2) is 5.78 Å². The van der Waals surface area contributed by atoms with Gasteiger partial charge in [-0.05, 0) is 31.5 Å². The summed E-state index contributed by atoms with van der Waals surface area (Å²) in [6.07, 6.45) is 0.868. The molecule has 0 saturated heterocycles. The molecule has 0 radical (unpaired) electrons. The molecule has 0 bridgehead atoms. The molecule has 3 aromatic rings. The van der Waals surface area contributed by atoms with Crippen molar-refractivity contribution >= 4 is 22.5 Å². The Morgan fingerprint density at radius 1 is 1.13 bits per heavy atom. The number of hydrogen-bond acceptors (Lipinski definition) is 2. The number of nitrogens with one attached hydrogen (secondary N) is 2. The number of aromatic nitrogens is 1. The van der Waals surface area contributed by atoms with Crippen molar-refractivity contribution in [1.82, 2.24) is 4.98 Å². The lowest BCUT2D eigenvalue weighted by atomic mass is 10.0. The van der Waals surface area contributed by atoms with Crippen LogP contribution in [0.2, 0.25) is 0 Å². The zero-order valence-electron chi connectivity index (χ0n) is 13.4. The Kier molecular flexibility index (Phi) is 4.02. The van der Waals surface area contributed by atoms with Crippen LogP contribution in [-0.4, -0.2) is 10.8 Å². The van der Waals surface area contributed by atoms with Gasteiger partial charge in [0.1, 0.15) is 5.82 Å². The molecule has 0 fully saturated rings. The van der Waals surface area contributed by atoms with Crippen LogP contribution in [-0.2, 0) is 0 Å². The number of carbonyl (C=O) groups is 1. The van der Waals surface area contributed by atoms with E-state index in [0.717, 1.165) is 34.4 Å². The smallest absolute Gasteiger partial charge is 0.193 e. The largest absolute Gasteiger partial charge is 0.346 e. The van der Waals surface area contributed by atoms with Crippen molar-refractivity contribution in [3.63, 3.8) is 0 Å². The van der Waals surface area contributed by atoms with Crippen LogP contribution in [0.3, 0.4) is 0 Å². The Labute approximate surface area is 136 Å². The number of H-pyrrole nitrogens is 1. The molecule has 0 spiro atoms. The van der Waals surface area contributed by atoms with Crippen LogP contribution in [0.15, 0.2) is 60.8 Å². The fourth-order valence-corrected chi connectivity index (χ4v) is 2.57. The lowest BCUT2D eigenvalue weighted by Gasteiger charge is -2.03. The molecule has 116 valence electrons. The molecule has 0 aliphatic carbocycles. The highest BCUT2D eigenvalue weighted by atomic mass is 16.1. The molecule has 3 heteroatoms. The van der Waals surface area contributed by atoms with E-state index in [2.05, 4.69) is 23.8 Å². The predicted molar refractivity (Wildman–Crippen MR) is 96.0 cm³/mol. The highest BCUT2D eigenvalue weighted by molar-refractivity contribution is 6.10. The van der Waals surface area contributed by atoms with Crippen molar-refractivity contribution in [1.29, 1.82) is 0 Å². The second kappa shape index (κ2) is 6.13. The molecule has 0 aliphatic heterocycles. The number of rotatable bonds is 5. The number of allylic oxidation sites excluding steroid dienone is 1. The van der Waals surface area contributed by atoms with E-state index >= 15 is 0 Å². The van der Waals surface area contributed by atoms with Crippen LogP contribution in [0.1, 0.15) is 34.8 Å². The number of carbonyl (C=O) groups excluding carboxylic acids is 1. The molecule has 1 aromatic heterocycles. The average Bonchev–Trinajstić information content (AvgIpc) is 2.95. The van der Waals surface area contributed by atoms with Gasteiger partial charge in [-0.25, -0.2) is 0 Å². The van der Waals surface area contributed by atoms with Crippen molar-refractivity contribution in [3.8, 4) is 0 Å². The summed E-state index contributed by atoms with van der Waals surface area (Å²) < 4.78 is 0. The molecule has 0 saturated carbocycles. The highest BCUT2D eigenvalue weighted by Crippen LogP contribution is 2.22. The van der Waals surface area contributed by atoms with Crippen LogP contribution >= 0.6 is 0 Å². The third kappa shape index (κ3) is 3.19. The Bertz CT molecular complexity index is 890. The summed E-state index contributed by atoms with van der Waals surface area (Å²) >= 11 is 0. The van der Waals surface area contributed by atoms with Crippen molar-refractivity contribution < 1.29 is 4.79 Å². The monoisotopic (exact) mass is 304 g/mol. The second-order valence-corrected chi connectivity index (χ2v) is 5.77. The summed E-state index contributed by atoms with van der Waals surface area (Å²) in [6, 6.07) is 15.4. The van der Waals surface area contributed by atoms with Crippen LogP contribution in [0.5, 0.6) is 0 Å². The first-order valence-electron chi connectivity index (χ1n) is 7.76. The van der Waals surface area contributed by atoms with E-state index in [4.69, 9.17) is 0 Å². The van der Waals surface area contributed by atoms with Crippen molar-refractivity contribution in [3.05, 3.63) is 77.5 Å². The zero-order valence-corrected chi connectivity index (χ0v) is 13.4. The number of ketones is 1. The zero-order chi connectivity index (χ0) is 16.4. The molecule has 3 nitrogen and oxygen atoms in total. The quantitative estimate of drug-likeness (QED) is 0.648. The van der Waals surface area contributed by atoms with Gasteiger partial charge in [-0.2, -0.15) is 0 Å². The molecular formula is C20H20N2O. The molecule has 0 unspecified atom stereocenters. The number of hydrogen-bond donors (Lipinski definition) is 2. The van der Waals surface area contributed by atoms with Crippen LogP contribution in [0.25, 0.3) is 10.9 Å². The minimum absolute atomic E-state index is 0.0395. The van der Waals surface area contributed by atoms with E-state index in [-0.39, 0.29) is 5.78 Å². The standard InChI is InChI=1S/C20H20N2O/c1-4-14(3)21-19-12-15-8-9-17(11-18(15)22-19)20(23)16-7-5-6-13(2)10-16/h5-12,21-22H,3-4H2,1-2H3. The van der Waals surface area contributed by atoms with E-state index in [9.17, 15) is 4.79 Å². The molecule has 0 amide bonds. The summed E-state index contributed by atoms with van der Waals surface area (Å²) in [5.41, 5.74) is 4.38. The van der Waals surface area contributed by atoms with Gasteiger partial charge in [0.05, 0.1) is 0 Å². The lowest BCUT2D eigenvalue weighted by Crippen LogP contribution is -2.01. The maximum atomic E-state index is 12.6. The van der Waals surface area contributed by atoms with E-state index in [1.165, 1.54) is 0 Å². The number of aryl methyl sites for hydroxylation is 1. The van der Waals surface area contributed by atoms with Gasteiger partial charge in [-0.15, -0.1) is 0 Å². The molecule has 2 N–H and O–H groups in total. The van der Waals surface area contributed by atoms with Crippen LogP contribution < -0.4 is 5.32 Å². The van der Waals surface area contributed by atoms with E-state index < -0.39 is 0 Å². The summed E-state index contributed by atoms with van der Waals surface area (Å²) in [4.78, 5) is 15.9. The molecule has 2 aromatic carbocycles. The van der Waals surface area contributed by atoms with Gasteiger partial charge >= 0.3 is 0 Å². The predicted octanol–water partition coefficient (Wildman–Crippen LogP) is 5.04. The van der Waals surface area contributed by atoms with E-state index in [1.807, 2.05) is 55.5 Å². The number of anilines is 1. The number of benzene rings is 2. The SMILES string of the molecule is C=C(CC)Nc1cc2ccc(C(=O)c3cccc(C)c3)cc2[nH]1. The topological polar surface area (TPSA) is 44.9 Å². The van der Waals surface area contributed by atoms with Gasteiger partial charge in [-0.3, -0.25) is 4.79 Å². The van der Waals surface area contributed by atoms with Gasteiger partial charge in [0.2, 0.25) is 0 Å². The average molecular weight is 304 g/mol. The van der Waals surface area contributed by atoms with Crippen LogP contribution in [0, 0.1) is 6.92 Å². The van der Waals surface area contributed by atoms with E-state index in [0.29, 0.717) is 11.1 Å². The first-order chi connectivity index (χ1) is 11.1. The Hall–Kier alpha value is -2.81. The van der Waals surface area contributed by atoms with Crippen LogP contribution in [0.4, 0.5) is 5.82 Å². The number of aromatic amines is 1. The van der Waals surface area contributed by atoms with Crippen molar-refractivity contribution in [2.24, 2.45) is 0 Å². The maximum absolute atomic E-state index is 12.6. The van der Waals surface area contributed by atoms with Gasteiger partial charge < -0.3 is 10.3 Å². The second-order valence-electron chi connectivity index (χ2n) is 5.77. The molecule has 0 atom stereocenters. The fourth-order valence-electron chi connectivity index (χ4n) is 2.57. The third-order valence-electron chi connectivity index (χ3n) is 3.90. The normalized spacial score (nSPS) is 10.7. The van der Waals surface area contributed by atoms with Crippen molar-refractivity contribution in [2.75, 3.05) is 5.32 Å². The van der Waals surface area contributed by atoms with Gasteiger partial charge in [-0.1, -0.05) is 49.4 Å². The third-order valence-corrected chi connectivity index (χ3v) is 3.90. The molecule has 0 aliphatic rings. The minimum Gasteiger partial charge on any atom is -0.346 e. The highest BCUT2D eigenvalue weighted by Gasteiger charge is 2.11. The summed E-state index contributed by atoms with van der Waals surface area (Å²) in [6.45, 7) is 7.99.